The van der Waals surface area contributed by atoms with Gasteiger partial charge in [-0.25, -0.2) is 0 Å². The normalized spacial score (nSPS) is 9.60. The minimum Gasteiger partial charge on any atom is -0.375 e. The summed E-state index contributed by atoms with van der Waals surface area (Å²) in [4.78, 5) is 11.8. The fourth-order valence-corrected chi connectivity index (χ4v) is 1.75. The van der Waals surface area contributed by atoms with E-state index in [1.165, 1.54) is 0 Å². The molecule has 0 aliphatic carbocycles. The van der Waals surface area contributed by atoms with E-state index in [9.17, 15) is 4.79 Å². The quantitative estimate of drug-likeness (QED) is 0.893. The number of nitriles is 1. The fraction of sp³-hybridized carbons (Fsp3) is 0.125. The summed E-state index contributed by atoms with van der Waals surface area (Å²) in [5.74, 6) is -0.151. The lowest BCUT2D eigenvalue weighted by atomic mass is 10.2. The van der Waals surface area contributed by atoms with Crippen molar-refractivity contribution in [1.29, 1.82) is 5.26 Å². The van der Waals surface area contributed by atoms with E-state index in [-0.39, 0.29) is 12.5 Å². The van der Waals surface area contributed by atoms with Crippen molar-refractivity contribution in [2.45, 2.75) is 6.92 Å². The van der Waals surface area contributed by atoms with Crippen LogP contribution in [0.2, 0.25) is 0 Å². The molecule has 0 spiro atoms. The predicted molar refractivity (Wildman–Crippen MR) is 79.5 cm³/mol. The van der Waals surface area contributed by atoms with Crippen molar-refractivity contribution in [3.05, 3.63) is 59.7 Å². The minimum absolute atomic E-state index is 0.118. The second-order valence-corrected chi connectivity index (χ2v) is 4.43. The summed E-state index contributed by atoms with van der Waals surface area (Å²) in [6.45, 7) is 2.11. The molecule has 2 aromatic rings. The number of rotatable bonds is 4. The van der Waals surface area contributed by atoms with Crippen molar-refractivity contribution in [2.75, 3.05) is 17.2 Å². The van der Waals surface area contributed by atoms with Gasteiger partial charge in [0.15, 0.2) is 0 Å². The van der Waals surface area contributed by atoms with Gasteiger partial charge in [-0.15, -0.1) is 0 Å². The third kappa shape index (κ3) is 3.59. The number of benzene rings is 2. The Hall–Kier alpha value is -2.80. The average molecular weight is 265 g/mol. The molecule has 0 aliphatic rings. The predicted octanol–water partition coefficient (Wildman–Crippen LogP) is 2.92. The van der Waals surface area contributed by atoms with E-state index < -0.39 is 0 Å². The molecule has 2 aromatic carbocycles. The number of nitrogens with one attached hydrogen (secondary N) is 2. The Kier molecular flexibility index (Phi) is 4.35. The number of para-hydroxylation sites is 1. The molecule has 0 bridgehead atoms. The van der Waals surface area contributed by atoms with Gasteiger partial charge in [0.2, 0.25) is 5.91 Å². The highest BCUT2D eigenvalue weighted by molar-refractivity contribution is 5.93. The average Bonchev–Trinajstić information content (AvgIpc) is 2.48. The monoisotopic (exact) mass is 265 g/mol. The van der Waals surface area contributed by atoms with Crippen LogP contribution >= 0.6 is 0 Å². The highest BCUT2D eigenvalue weighted by atomic mass is 16.1. The molecule has 2 rings (SSSR count). The standard InChI is InChI=1S/C16H15N3O/c1-12-6-8-14(9-7-12)19-16(20)11-18-15-5-3-2-4-13(15)10-17/h2-9,18H,11H2,1H3,(H,19,20). The number of carbonyl (C=O) groups excluding carboxylic acids is 1. The molecule has 0 saturated heterocycles. The molecule has 0 unspecified atom stereocenters. The minimum atomic E-state index is -0.151. The molecule has 0 aliphatic heterocycles. The van der Waals surface area contributed by atoms with Gasteiger partial charge < -0.3 is 10.6 Å². The number of nitrogens with zero attached hydrogens (tertiary/aromatic N) is 1. The number of hydrogen-bond acceptors (Lipinski definition) is 3. The summed E-state index contributed by atoms with van der Waals surface area (Å²) >= 11 is 0. The summed E-state index contributed by atoms with van der Waals surface area (Å²) in [7, 11) is 0. The van der Waals surface area contributed by atoms with Crippen LogP contribution < -0.4 is 10.6 Å². The smallest absolute Gasteiger partial charge is 0.243 e. The molecule has 0 aromatic heterocycles. The first kappa shape index (κ1) is 13.6. The first-order valence-electron chi connectivity index (χ1n) is 6.28. The van der Waals surface area contributed by atoms with Crippen molar-refractivity contribution in [2.24, 2.45) is 0 Å². The molecular formula is C16H15N3O. The van der Waals surface area contributed by atoms with Crippen molar-refractivity contribution in [3.8, 4) is 6.07 Å². The Balaban J connectivity index is 1.92. The molecule has 0 fully saturated rings. The van der Waals surface area contributed by atoms with E-state index in [4.69, 9.17) is 5.26 Å². The molecule has 20 heavy (non-hydrogen) atoms. The summed E-state index contributed by atoms with van der Waals surface area (Å²) < 4.78 is 0. The van der Waals surface area contributed by atoms with Crippen LogP contribution in [0.25, 0.3) is 0 Å². The Morgan fingerprint density at radius 1 is 1.15 bits per heavy atom. The van der Waals surface area contributed by atoms with Gasteiger partial charge in [-0.3, -0.25) is 4.79 Å². The molecule has 0 saturated carbocycles. The molecule has 100 valence electrons. The fourth-order valence-electron chi connectivity index (χ4n) is 1.75. The van der Waals surface area contributed by atoms with E-state index in [0.29, 0.717) is 11.3 Å². The second-order valence-electron chi connectivity index (χ2n) is 4.43. The first-order valence-corrected chi connectivity index (χ1v) is 6.28. The number of amides is 1. The van der Waals surface area contributed by atoms with Crippen LogP contribution in [0.1, 0.15) is 11.1 Å². The van der Waals surface area contributed by atoms with Gasteiger partial charge in [0.05, 0.1) is 17.8 Å². The molecule has 4 nitrogen and oxygen atoms in total. The number of carbonyl (C=O) groups is 1. The first-order chi connectivity index (χ1) is 9.69. The van der Waals surface area contributed by atoms with Gasteiger partial charge in [-0.2, -0.15) is 5.26 Å². The Bertz CT molecular complexity index is 642. The maximum absolute atomic E-state index is 11.8. The summed E-state index contributed by atoms with van der Waals surface area (Å²) in [6, 6.07) is 16.8. The molecule has 0 radical (unpaired) electrons. The third-order valence-corrected chi connectivity index (χ3v) is 2.82. The highest BCUT2D eigenvalue weighted by Crippen LogP contribution is 2.13. The Morgan fingerprint density at radius 2 is 1.85 bits per heavy atom. The van der Waals surface area contributed by atoms with Crippen molar-refractivity contribution >= 4 is 17.3 Å². The van der Waals surface area contributed by atoms with Crippen molar-refractivity contribution in [3.63, 3.8) is 0 Å². The molecule has 1 amide bonds. The van der Waals surface area contributed by atoms with Crippen LogP contribution in [-0.2, 0) is 4.79 Å². The van der Waals surface area contributed by atoms with Gasteiger partial charge in [-0.05, 0) is 31.2 Å². The van der Waals surface area contributed by atoms with Crippen molar-refractivity contribution < 1.29 is 4.79 Å². The zero-order chi connectivity index (χ0) is 14.4. The maximum atomic E-state index is 11.8. The summed E-state index contributed by atoms with van der Waals surface area (Å²) in [5, 5.41) is 14.7. The highest BCUT2D eigenvalue weighted by Gasteiger charge is 2.04. The molecule has 4 heteroatoms. The van der Waals surface area contributed by atoms with E-state index in [0.717, 1.165) is 11.3 Å². The Morgan fingerprint density at radius 3 is 2.55 bits per heavy atom. The van der Waals surface area contributed by atoms with Gasteiger partial charge in [0, 0.05) is 5.69 Å². The van der Waals surface area contributed by atoms with E-state index in [2.05, 4.69) is 16.7 Å². The van der Waals surface area contributed by atoms with Gasteiger partial charge in [0.1, 0.15) is 6.07 Å². The summed E-state index contributed by atoms with van der Waals surface area (Å²) in [5.41, 5.74) is 3.09. The molecule has 0 atom stereocenters. The van der Waals surface area contributed by atoms with Gasteiger partial charge >= 0.3 is 0 Å². The van der Waals surface area contributed by atoms with Crippen LogP contribution in [0.4, 0.5) is 11.4 Å². The molecular weight excluding hydrogens is 250 g/mol. The lowest BCUT2D eigenvalue weighted by molar-refractivity contribution is -0.114. The number of anilines is 2. The molecule has 0 heterocycles. The van der Waals surface area contributed by atoms with E-state index in [1.807, 2.05) is 37.3 Å². The van der Waals surface area contributed by atoms with Gasteiger partial charge in [0.25, 0.3) is 0 Å². The number of hydrogen-bond donors (Lipinski definition) is 2. The SMILES string of the molecule is Cc1ccc(NC(=O)CNc2ccccc2C#N)cc1. The number of aryl methyl sites for hydroxylation is 1. The summed E-state index contributed by atoms with van der Waals surface area (Å²) in [6.07, 6.45) is 0. The van der Waals surface area contributed by atoms with Crippen LogP contribution in [-0.4, -0.2) is 12.5 Å². The van der Waals surface area contributed by atoms with Crippen LogP contribution in [0.3, 0.4) is 0 Å². The zero-order valence-electron chi connectivity index (χ0n) is 11.2. The zero-order valence-corrected chi connectivity index (χ0v) is 11.2. The maximum Gasteiger partial charge on any atom is 0.243 e. The van der Waals surface area contributed by atoms with Crippen molar-refractivity contribution in [1.82, 2.24) is 0 Å². The molecule has 2 N–H and O–H groups in total. The van der Waals surface area contributed by atoms with E-state index >= 15 is 0 Å². The third-order valence-electron chi connectivity index (χ3n) is 2.82. The van der Waals surface area contributed by atoms with Crippen LogP contribution in [0, 0.1) is 18.3 Å². The second kappa shape index (κ2) is 6.39. The van der Waals surface area contributed by atoms with Crippen LogP contribution in [0.15, 0.2) is 48.5 Å². The lowest BCUT2D eigenvalue weighted by Gasteiger charge is -2.09. The van der Waals surface area contributed by atoms with Gasteiger partial charge in [-0.1, -0.05) is 29.8 Å². The Labute approximate surface area is 118 Å². The largest absolute Gasteiger partial charge is 0.375 e. The topological polar surface area (TPSA) is 64.9 Å². The van der Waals surface area contributed by atoms with Crippen LogP contribution in [0.5, 0.6) is 0 Å². The van der Waals surface area contributed by atoms with E-state index in [1.54, 1.807) is 18.2 Å². The lowest BCUT2D eigenvalue weighted by Crippen LogP contribution is -2.22.